The molecule has 4 nitrogen and oxygen atoms in total. The number of furan rings is 1. The van der Waals surface area contributed by atoms with Gasteiger partial charge in [0.1, 0.15) is 5.76 Å². The monoisotopic (exact) mass is 237 g/mol. The lowest BCUT2D eigenvalue weighted by Gasteiger charge is -2.21. The van der Waals surface area contributed by atoms with Crippen molar-refractivity contribution >= 4 is 5.97 Å². The molecule has 0 bridgehead atoms. The van der Waals surface area contributed by atoms with Gasteiger partial charge in [-0.05, 0) is 38.8 Å². The average molecular weight is 237 g/mol. The molecule has 1 unspecified atom stereocenters. The largest absolute Gasteiger partial charge is 0.475 e. The normalized spacial score (nSPS) is 20.9. The molecule has 0 amide bonds. The highest BCUT2D eigenvalue weighted by atomic mass is 16.4. The number of nitrogens with zero attached hydrogens (tertiary/aromatic N) is 1. The van der Waals surface area contributed by atoms with Crippen LogP contribution in [0.5, 0.6) is 0 Å². The smallest absolute Gasteiger partial charge is 0.372 e. The number of aryl methyl sites for hydroxylation is 1. The molecule has 1 atom stereocenters. The molecule has 1 aromatic heterocycles. The standard InChI is InChI=1S/C13H19NO3/c1-3-10-5-4-6-14(10)8-11-7-9(2)12(17-11)13(15)16/h7,10H,3-6,8H2,1-2H3,(H,15,16). The molecule has 0 radical (unpaired) electrons. The summed E-state index contributed by atoms with van der Waals surface area (Å²) in [6, 6.07) is 2.46. The molecular weight excluding hydrogens is 218 g/mol. The van der Waals surface area contributed by atoms with Crippen molar-refractivity contribution in [2.75, 3.05) is 6.54 Å². The van der Waals surface area contributed by atoms with Crippen LogP contribution in [0.1, 0.15) is 48.1 Å². The third-order valence-corrected chi connectivity index (χ3v) is 3.49. The number of carboxylic acids is 1. The molecular formula is C13H19NO3. The predicted molar refractivity (Wildman–Crippen MR) is 64.1 cm³/mol. The Bertz CT molecular complexity index is 411. The van der Waals surface area contributed by atoms with Gasteiger partial charge < -0.3 is 9.52 Å². The van der Waals surface area contributed by atoms with Crippen LogP contribution in [0.25, 0.3) is 0 Å². The number of hydrogen-bond donors (Lipinski definition) is 1. The number of carbonyl (C=O) groups is 1. The molecule has 1 N–H and O–H groups in total. The fourth-order valence-corrected chi connectivity index (χ4v) is 2.60. The van der Waals surface area contributed by atoms with Gasteiger partial charge in [0.05, 0.1) is 6.54 Å². The first-order valence-electron chi connectivity index (χ1n) is 6.18. The van der Waals surface area contributed by atoms with E-state index in [1.54, 1.807) is 6.92 Å². The molecule has 0 aliphatic carbocycles. The van der Waals surface area contributed by atoms with E-state index in [0.717, 1.165) is 25.3 Å². The van der Waals surface area contributed by atoms with Gasteiger partial charge >= 0.3 is 5.97 Å². The van der Waals surface area contributed by atoms with Crippen molar-refractivity contribution in [3.8, 4) is 0 Å². The van der Waals surface area contributed by atoms with E-state index in [-0.39, 0.29) is 5.76 Å². The fraction of sp³-hybridized carbons (Fsp3) is 0.615. The topological polar surface area (TPSA) is 53.7 Å². The van der Waals surface area contributed by atoms with Gasteiger partial charge in [0, 0.05) is 11.6 Å². The zero-order chi connectivity index (χ0) is 12.4. The summed E-state index contributed by atoms with van der Waals surface area (Å²) in [5.41, 5.74) is 0.708. The van der Waals surface area contributed by atoms with Gasteiger partial charge in [-0.25, -0.2) is 4.79 Å². The van der Waals surface area contributed by atoms with E-state index in [2.05, 4.69) is 11.8 Å². The van der Waals surface area contributed by atoms with Gasteiger partial charge in [-0.3, -0.25) is 4.90 Å². The van der Waals surface area contributed by atoms with Crippen molar-refractivity contribution in [2.45, 2.75) is 45.7 Å². The molecule has 1 aromatic rings. The summed E-state index contributed by atoms with van der Waals surface area (Å²) in [7, 11) is 0. The van der Waals surface area contributed by atoms with E-state index < -0.39 is 5.97 Å². The molecule has 0 spiro atoms. The third kappa shape index (κ3) is 2.52. The maximum atomic E-state index is 10.9. The van der Waals surface area contributed by atoms with Crippen LogP contribution in [-0.2, 0) is 6.54 Å². The lowest BCUT2D eigenvalue weighted by molar-refractivity contribution is 0.0657. The minimum Gasteiger partial charge on any atom is -0.475 e. The Morgan fingerprint density at radius 2 is 2.41 bits per heavy atom. The fourth-order valence-electron chi connectivity index (χ4n) is 2.60. The lowest BCUT2D eigenvalue weighted by atomic mass is 10.1. The van der Waals surface area contributed by atoms with Crippen LogP contribution >= 0.6 is 0 Å². The van der Waals surface area contributed by atoms with E-state index >= 15 is 0 Å². The Balaban J connectivity index is 2.08. The van der Waals surface area contributed by atoms with Gasteiger partial charge in [-0.15, -0.1) is 0 Å². The summed E-state index contributed by atoms with van der Waals surface area (Å²) in [6.07, 6.45) is 3.61. The van der Waals surface area contributed by atoms with Gasteiger partial charge in [0.2, 0.25) is 5.76 Å². The van der Waals surface area contributed by atoms with E-state index in [9.17, 15) is 4.79 Å². The van der Waals surface area contributed by atoms with Gasteiger partial charge in [0.15, 0.2) is 0 Å². The van der Waals surface area contributed by atoms with E-state index in [4.69, 9.17) is 9.52 Å². The Morgan fingerprint density at radius 1 is 1.65 bits per heavy atom. The number of hydrogen-bond acceptors (Lipinski definition) is 3. The number of aromatic carboxylic acids is 1. The zero-order valence-corrected chi connectivity index (χ0v) is 10.4. The van der Waals surface area contributed by atoms with Gasteiger partial charge in [-0.1, -0.05) is 6.92 Å². The van der Waals surface area contributed by atoms with Crippen LogP contribution in [0.4, 0.5) is 0 Å². The highest BCUT2D eigenvalue weighted by Gasteiger charge is 2.24. The molecule has 17 heavy (non-hydrogen) atoms. The quantitative estimate of drug-likeness (QED) is 0.874. The first kappa shape index (κ1) is 12.2. The van der Waals surface area contributed by atoms with Crippen LogP contribution < -0.4 is 0 Å². The van der Waals surface area contributed by atoms with Gasteiger partial charge in [-0.2, -0.15) is 0 Å². The predicted octanol–water partition coefficient (Wildman–Crippen LogP) is 2.66. The second-order valence-electron chi connectivity index (χ2n) is 4.70. The second kappa shape index (κ2) is 4.92. The molecule has 2 rings (SSSR count). The zero-order valence-electron chi connectivity index (χ0n) is 10.4. The first-order chi connectivity index (χ1) is 8.11. The third-order valence-electron chi connectivity index (χ3n) is 3.49. The van der Waals surface area contributed by atoms with Crippen LogP contribution in [0.3, 0.4) is 0 Å². The Hall–Kier alpha value is -1.29. The Labute approximate surface area is 101 Å². The van der Waals surface area contributed by atoms with E-state index in [1.807, 2.05) is 6.07 Å². The summed E-state index contributed by atoms with van der Waals surface area (Å²) >= 11 is 0. The summed E-state index contributed by atoms with van der Waals surface area (Å²) in [6.45, 7) is 5.78. The van der Waals surface area contributed by atoms with Crippen LogP contribution in [0.15, 0.2) is 10.5 Å². The summed E-state index contributed by atoms with van der Waals surface area (Å²) in [5.74, 6) is -0.144. The summed E-state index contributed by atoms with van der Waals surface area (Å²) in [4.78, 5) is 13.3. The number of rotatable bonds is 4. The molecule has 0 aromatic carbocycles. The lowest BCUT2D eigenvalue weighted by Crippen LogP contribution is -2.27. The molecule has 1 aliphatic rings. The summed E-state index contributed by atoms with van der Waals surface area (Å²) < 4.78 is 5.39. The molecule has 1 aliphatic heterocycles. The maximum absolute atomic E-state index is 10.9. The maximum Gasteiger partial charge on any atom is 0.372 e. The molecule has 94 valence electrons. The van der Waals surface area contributed by atoms with E-state index in [0.29, 0.717) is 11.6 Å². The SMILES string of the molecule is CCC1CCCN1Cc1cc(C)c(C(=O)O)o1. The first-order valence-corrected chi connectivity index (χ1v) is 6.18. The van der Waals surface area contributed by atoms with Gasteiger partial charge in [0.25, 0.3) is 0 Å². The van der Waals surface area contributed by atoms with Crippen molar-refractivity contribution in [3.05, 3.63) is 23.2 Å². The van der Waals surface area contributed by atoms with Crippen LogP contribution in [0, 0.1) is 6.92 Å². The molecule has 4 heteroatoms. The minimum absolute atomic E-state index is 0.0762. The average Bonchev–Trinajstić information content (AvgIpc) is 2.85. The van der Waals surface area contributed by atoms with Crippen molar-refractivity contribution in [2.24, 2.45) is 0 Å². The Morgan fingerprint density at radius 3 is 3.00 bits per heavy atom. The number of likely N-dealkylation sites (tertiary alicyclic amines) is 1. The molecule has 2 heterocycles. The summed E-state index contributed by atoms with van der Waals surface area (Å²) in [5, 5.41) is 8.93. The molecule has 1 saturated heterocycles. The van der Waals surface area contributed by atoms with Crippen molar-refractivity contribution < 1.29 is 14.3 Å². The molecule has 1 fully saturated rings. The number of carboxylic acid groups (broad SMARTS) is 1. The van der Waals surface area contributed by atoms with Crippen LogP contribution in [0.2, 0.25) is 0 Å². The highest BCUT2D eigenvalue weighted by Crippen LogP contribution is 2.24. The molecule has 0 saturated carbocycles. The minimum atomic E-state index is -0.984. The van der Waals surface area contributed by atoms with Crippen molar-refractivity contribution in [3.63, 3.8) is 0 Å². The van der Waals surface area contributed by atoms with Crippen LogP contribution in [-0.4, -0.2) is 28.6 Å². The second-order valence-corrected chi connectivity index (χ2v) is 4.70. The van der Waals surface area contributed by atoms with Crippen molar-refractivity contribution in [1.82, 2.24) is 4.90 Å². The van der Waals surface area contributed by atoms with Crippen molar-refractivity contribution in [1.29, 1.82) is 0 Å². The highest BCUT2D eigenvalue weighted by molar-refractivity contribution is 5.86. The van der Waals surface area contributed by atoms with E-state index in [1.165, 1.54) is 12.8 Å². The Kier molecular flexibility index (Phi) is 3.52.